The summed E-state index contributed by atoms with van der Waals surface area (Å²) in [5, 5.41) is 1.77. The monoisotopic (exact) mass is 189 g/mol. The zero-order valence-electron chi connectivity index (χ0n) is 6.08. The van der Waals surface area contributed by atoms with E-state index < -0.39 is 0 Å². The molecule has 0 spiro atoms. The zero-order valence-corrected chi connectivity index (χ0v) is 7.65. The van der Waals surface area contributed by atoms with Gasteiger partial charge in [0.1, 0.15) is 0 Å². The number of hydrogen-bond acceptors (Lipinski definition) is 2. The Labute approximate surface area is 73.7 Å². The van der Waals surface area contributed by atoms with Crippen LogP contribution in [0.25, 0.3) is 0 Å². The first-order chi connectivity index (χ1) is 5.24. The lowest BCUT2D eigenvalue weighted by atomic mass is 10.3. The normalized spacial score (nSPS) is 12.0. The Balaban J connectivity index is 2.80. The van der Waals surface area contributed by atoms with Gasteiger partial charge in [0.05, 0.1) is 0 Å². The molecular formula is C7H8ClNOS. The Morgan fingerprint density at radius 3 is 3.09 bits per heavy atom. The summed E-state index contributed by atoms with van der Waals surface area (Å²) in [5.41, 5.74) is 2.47. The molecule has 0 atom stereocenters. The summed E-state index contributed by atoms with van der Waals surface area (Å²) in [7, 11) is 0. The first kappa shape index (κ1) is 8.56. The van der Waals surface area contributed by atoms with Gasteiger partial charge in [-0.05, 0) is 12.5 Å². The van der Waals surface area contributed by atoms with E-state index in [-0.39, 0.29) is 4.87 Å². The van der Waals surface area contributed by atoms with E-state index in [2.05, 4.69) is 0 Å². The van der Waals surface area contributed by atoms with E-state index >= 15 is 0 Å². The van der Waals surface area contributed by atoms with Gasteiger partial charge in [-0.25, -0.2) is 0 Å². The van der Waals surface area contributed by atoms with Crippen molar-refractivity contribution in [1.29, 1.82) is 0 Å². The molecule has 11 heavy (non-hydrogen) atoms. The van der Waals surface area contributed by atoms with E-state index in [0.717, 1.165) is 5.57 Å². The molecule has 0 saturated carbocycles. The van der Waals surface area contributed by atoms with Crippen molar-refractivity contribution in [3.63, 3.8) is 0 Å². The minimum Gasteiger partial charge on any atom is -0.302 e. The van der Waals surface area contributed by atoms with Gasteiger partial charge in [0.25, 0.3) is 0 Å². The fraction of sp³-hybridized carbons (Fsp3) is 0.286. The molecule has 0 fully saturated rings. The van der Waals surface area contributed by atoms with Gasteiger partial charge in [0.2, 0.25) is 0 Å². The lowest BCUT2D eigenvalue weighted by Crippen LogP contribution is -2.12. The van der Waals surface area contributed by atoms with Gasteiger partial charge in [0, 0.05) is 23.7 Å². The quantitative estimate of drug-likeness (QED) is 0.698. The van der Waals surface area contributed by atoms with Gasteiger partial charge in [-0.3, -0.25) is 4.79 Å². The van der Waals surface area contributed by atoms with E-state index in [1.54, 1.807) is 16.1 Å². The third-order valence-electron chi connectivity index (χ3n) is 1.25. The van der Waals surface area contributed by atoms with Crippen molar-refractivity contribution in [2.45, 2.75) is 13.5 Å². The summed E-state index contributed by atoms with van der Waals surface area (Å²) < 4.78 is 1.62. The summed E-state index contributed by atoms with van der Waals surface area (Å²) in [4.78, 5) is 11.0. The van der Waals surface area contributed by atoms with Gasteiger partial charge >= 0.3 is 4.87 Å². The number of nitrogens with zero attached hydrogens (tertiary/aromatic N) is 1. The summed E-state index contributed by atoms with van der Waals surface area (Å²) in [6, 6.07) is 0. The number of halogens is 1. The molecule has 1 rings (SSSR count). The molecule has 1 aromatic heterocycles. The fourth-order valence-electron chi connectivity index (χ4n) is 0.711. The van der Waals surface area contributed by atoms with E-state index in [0.29, 0.717) is 6.54 Å². The van der Waals surface area contributed by atoms with Crippen LogP contribution in [0.15, 0.2) is 27.5 Å². The highest BCUT2D eigenvalue weighted by atomic mass is 35.5. The molecule has 60 valence electrons. The van der Waals surface area contributed by atoms with Crippen LogP contribution in [0.4, 0.5) is 0 Å². The van der Waals surface area contributed by atoms with Gasteiger partial charge in [-0.1, -0.05) is 22.9 Å². The Kier molecular flexibility index (Phi) is 2.91. The minimum atomic E-state index is 0.0582. The van der Waals surface area contributed by atoms with Crippen molar-refractivity contribution in [2.24, 2.45) is 0 Å². The Bertz CT molecular complexity index is 312. The largest absolute Gasteiger partial charge is 0.307 e. The topological polar surface area (TPSA) is 22.0 Å². The predicted octanol–water partition coefficient (Wildman–Crippen LogP) is 2.05. The number of rotatable bonds is 2. The molecule has 0 aliphatic carbocycles. The SMILES string of the molecule is C/C(=C/Cl)Cn1ccsc1=O. The van der Waals surface area contributed by atoms with Gasteiger partial charge < -0.3 is 4.57 Å². The first-order valence-electron chi connectivity index (χ1n) is 3.14. The summed E-state index contributed by atoms with van der Waals surface area (Å²) in [6.07, 6.45) is 1.76. The highest BCUT2D eigenvalue weighted by Crippen LogP contribution is 1.99. The minimum absolute atomic E-state index is 0.0582. The second-order valence-electron chi connectivity index (χ2n) is 2.25. The van der Waals surface area contributed by atoms with E-state index in [1.807, 2.05) is 6.92 Å². The average molecular weight is 190 g/mol. The molecule has 2 nitrogen and oxygen atoms in total. The van der Waals surface area contributed by atoms with Crippen molar-refractivity contribution in [3.8, 4) is 0 Å². The molecule has 0 bridgehead atoms. The van der Waals surface area contributed by atoms with Crippen LogP contribution >= 0.6 is 22.9 Å². The third-order valence-corrected chi connectivity index (χ3v) is 2.32. The molecule has 4 heteroatoms. The van der Waals surface area contributed by atoms with Gasteiger partial charge in [0.15, 0.2) is 0 Å². The van der Waals surface area contributed by atoms with Crippen LogP contribution in [0, 0.1) is 0 Å². The van der Waals surface area contributed by atoms with E-state index in [1.165, 1.54) is 16.9 Å². The maximum atomic E-state index is 11.0. The van der Waals surface area contributed by atoms with Gasteiger partial charge in [-0.2, -0.15) is 0 Å². The van der Waals surface area contributed by atoms with E-state index in [9.17, 15) is 4.79 Å². The molecule has 1 aromatic rings. The Morgan fingerprint density at radius 2 is 2.64 bits per heavy atom. The van der Waals surface area contributed by atoms with Crippen LogP contribution in [-0.2, 0) is 6.54 Å². The van der Waals surface area contributed by atoms with Crippen LogP contribution in [0.1, 0.15) is 6.92 Å². The van der Waals surface area contributed by atoms with Crippen molar-refractivity contribution < 1.29 is 0 Å². The highest BCUT2D eigenvalue weighted by molar-refractivity contribution is 7.07. The van der Waals surface area contributed by atoms with Crippen molar-refractivity contribution in [2.75, 3.05) is 0 Å². The summed E-state index contributed by atoms with van der Waals surface area (Å²) in [5.74, 6) is 0. The molecule has 0 amide bonds. The van der Waals surface area contributed by atoms with Crippen LogP contribution in [0.3, 0.4) is 0 Å². The number of aromatic nitrogens is 1. The second-order valence-corrected chi connectivity index (χ2v) is 3.33. The molecule has 0 unspecified atom stereocenters. The lowest BCUT2D eigenvalue weighted by Gasteiger charge is -1.98. The zero-order chi connectivity index (χ0) is 8.27. The maximum Gasteiger partial charge on any atom is 0.307 e. The highest BCUT2D eigenvalue weighted by Gasteiger charge is 1.95. The van der Waals surface area contributed by atoms with Crippen molar-refractivity contribution in [1.82, 2.24) is 4.57 Å². The molecule has 0 radical (unpaired) electrons. The molecule has 0 aliphatic heterocycles. The van der Waals surface area contributed by atoms with E-state index in [4.69, 9.17) is 11.6 Å². The Hall–Kier alpha value is -0.540. The Morgan fingerprint density at radius 1 is 1.91 bits per heavy atom. The average Bonchev–Trinajstić information content (AvgIpc) is 2.37. The smallest absolute Gasteiger partial charge is 0.302 e. The number of allylic oxidation sites excluding steroid dienone is 1. The second kappa shape index (κ2) is 3.74. The van der Waals surface area contributed by atoms with Crippen LogP contribution in [-0.4, -0.2) is 4.57 Å². The maximum absolute atomic E-state index is 11.0. The van der Waals surface area contributed by atoms with Gasteiger partial charge in [-0.15, -0.1) is 0 Å². The molecule has 1 heterocycles. The van der Waals surface area contributed by atoms with Crippen LogP contribution < -0.4 is 4.87 Å². The first-order valence-corrected chi connectivity index (χ1v) is 4.45. The summed E-state index contributed by atoms with van der Waals surface area (Å²) in [6.45, 7) is 2.48. The number of hydrogen-bond donors (Lipinski definition) is 0. The third kappa shape index (κ3) is 2.20. The lowest BCUT2D eigenvalue weighted by molar-refractivity contribution is 0.771. The molecular weight excluding hydrogens is 182 g/mol. The number of thiazole rings is 1. The predicted molar refractivity (Wildman–Crippen MR) is 48.2 cm³/mol. The van der Waals surface area contributed by atoms with Crippen molar-refractivity contribution >= 4 is 22.9 Å². The van der Waals surface area contributed by atoms with Crippen LogP contribution in [0.2, 0.25) is 0 Å². The van der Waals surface area contributed by atoms with Crippen LogP contribution in [0.5, 0.6) is 0 Å². The summed E-state index contributed by atoms with van der Waals surface area (Å²) >= 11 is 6.64. The standard InChI is InChI=1S/C7H8ClNOS/c1-6(4-8)5-9-2-3-11-7(9)10/h2-4H,5H2,1H3/b6-4-. The fourth-order valence-corrected chi connectivity index (χ4v) is 1.37. The van der Waals surface area contributed by atoms with Crippen molar-refractivity contribution in [3.05, 3.63) is 32.4 Å². The molecule has 0 N–H and O–H groups in total. The molecule has 0 aromatic carbocycles. The molecule has 0 aliphatic rings. The molecule has 0 saturated heterocycles.